The predicted octanol–water partition coefficient (Wildman–Crippen LogP) is 7.02. The van der Waals surface area contributed by atoms with Crippen molar-refractivity contribution in [3.63, 3.8) is 0 Å². The highest BCUT2D eigenvalue weighted by atomic mass is 32.2. The molecule has 4 aromatic rings. The fourth-order valence-corrected chi connectivity index (χ4v) is 9.35. The first-order valence-corrected chi connectivity index (χ1v) is 19.2. The summed E-state index contributed by atoms with van der Waals surface area (Å²) < 4.78 is 35.4. The topological polar surface area (TPSA) is 122 Å². The van der Waals surface area contributed by atoms with Gasteiger partial charge in [-0.05, 0) is 61.2 Å². The monoisotopic (exact) mass is 675 g/mol. The van der Waals surface area contributed by atoms with E-state index in [1.807, 2.05) is 42.2 Å². The van der Waals surface area contributed by atoms with Gasteiger partial charge in [-0.1, -0.05) is 64.2 Å². The number of fused-ring (bicyclic) bond motifs is 2. The largest absolute Gasteiger partial charge is 0.477 e. The van der Waals surface area contributed by atoms with Crippen LogP contribution in [0.5, 0.6) is 5.88 Å². The summed E-state index contributed by atoms with van der Waals surface area (Å²) in [5.74, 6) is 0.137. The van der Waals surface area contributed by atoms with E-state index in [1.165, 1.54) is 47.7 Å². The highest BCUT2D eigenvalue weighted by molar-refractivity contribution is 7.92. The molecular weight excluding hydrogens is 631 g/mol. The second-order valence-corrected chi connectivity index (χ2v) is 15.1. The quantitative estimate of drug-likeness (QED) is 0.129. The standard InChI is InChI=1S/C36H45N5O4S2/c1-3-5-6-7-8-10-13-28-25-46-35(39-28)41-33-17-16-30(47(43,44)40(20-19-37)29-14-11-9-12-15-29)23-31(33)32(4-2)36(41,42)27-22-26-18-21-45-34(26)38-24-27/h9,11-12,14-17,22-25,32,42H,3-8,10,13,18-21,37H2,1-2H3. The minimum Gasteiger partial charge on any atom is -0.477 e. The van der Waals surface area contributed by atoms with Crippen molar-refractivity contribution in [3.05, 3.63) is 88.6 Å². The molecule has 0 saturated carbocycles. The highest BCUT2D eigenvalue weighted by Gasteiger charge is 2.53. The molecule has 0 fully saturated rings. The molecule has 2 atom stereocenters. The molecule has 0 saturated heterocycles. The number of nitrogens with two attached hydrogens (primary N) is 1. The average molecular weight is 676 g/mol. The molecule has 0 amide bonds. The smallest absolute Gasteiger partial charge is 0.264 e. The lowest BCUT2D eigenvalue weighted by Gasteiger charge is -2.38. The Hall–Kier alpha value is -3.51. The van der Waals surface area contributed by atoms with Crippen LogP contribution in [0.15, 0.2) is 71.1 Å². The molecule has 3 N–H and O–H groups in total. The van der Waals surface area contributed by atoms with E-state index in [1.54, 1.807) is 30.5 Å². The van der Waals surface area contributed by atoms with Gasteiger partial charge in [-0.25, -0.2) is 18.4 Å². The third kappa shape index (κ3) is 6.38. The Labute approximate surface area is 282 Å². The SMILES string of the molecule is CCCCCCCCc1csc(N2c3ccc(S(=O)(=O)N(CCN)c4ccccc4)cc3C(CC)C2(O)c2cnc3c(c2)CCO3)n1. The third-order valence-electron chi connectivity index (χ3n) is 9.29. The Morgan fingerprint density at radius 3 is 2.64 bits per heavy atom. The third-order valence-corrected chi connectivity index (χ3v) is 12.0. The van der Waals surface area contributed by atoms with Crippen LogP contribution in [0.25, 0.3) is 0 Å². The molecule has 0 aliphatic carbocycles. The molecule has 0 radical (unpaired) electrons. The summed E-state index contributed by atoms with van der Waals surface area (Å²) in [6, 6.07) is 16.2. The lowest BCUT2D eigenvalue weighted by Crippen LogP contribution is -2.43. The normalized spacial score (nSPS) is 18.6. The number of para-hydroxylation sites is 1. The van der Waals surface area contributed by atoms with Crippen molar-refractivity contribution in [2.24, 2.45) is 5.73 Å². The Kier molecular flexibility index (Phi) is 10.2. The zero-order chi connectivity index (χ0) is 33.0. The van der Waals surface area contributed by atoms with Gasteiger partial charge in [0.2, 0.25) is 5.88 Å². The highest BCUT2D eigenvalue weighted by Crippen LogP contribution is 2.57. The summed E-state index contributed by atoms with van der Waals surface area (Å²) in [5, 5.41) is 15.8. The molecule has 2 aliphatic rings. The van der Waals surface area contributed by atoms with E-state index >= 15 is 0 Å². The van der Waals surface area contributed by atoms with Gasteiger partial charge in [-0.3, -0.25) is 9.21 Å². The number of sulfonamides is 1. The van der Waals surface area contributed by atoms with Crippen molar-refractivity contribution >= 4 is 37.9 Å². The number of ether oxygens (including phenoxy) is 1. The van der Waals surface area contributed by atoms with E-state index in [0.29, 0.717) is 41.7 Å². The molecule has 2 aromatic carbocycles. The van der Waals surface area contributed by atoms with E-state index in [4.69, 9.17) is 15.5 Å². The molecule has 11 heteroatoms. The lowest BCUT2D eigenvalue weighted by atomic mass is 9.85. The van der Waals surface area contributed by atoms with Crippen LogP contribution in [0, 0.1) is 0 Å². The Bertz CT molecular complexity index is 1780. The summed E-state index contributed by atoms with van der Waals surface area (Å²) in [5.41, 5.74) is 8.97. The molecule has 0 bridgehead atoms. The number of rotatable bonds is 15. The van der Waals surface area contributed by atoms with E-state index < -0.39 is 21.7 Å². The number of hydrogen-bond donors (Lipinski definition) is 2. The fraction of sp³-hybridized carbons (Fsp3) is 0.444. The van der Waals surface area contributed by atoms with Crippen LogP contribution >= 0.6 is 11.3 Å². The summed E-state index contributed by atoms with van der Waals surface area (Å²) in [6.07, 6.45) is 11.1. The number of pyridine rings is 1. The predicted molar refractivity (Wildman–Crippen MR) is 188 cm³/mol. The first-order chi connectivity index (χ1) is 22.8. The van der Waals surface area contributed by atoms with Crippen LogP contribution in [0.2, 0.25) is 0 Å². The second-order valence-electron chi connectivity index (χ2n) is 12.4. The number of benzene rings is 2. The van der Waals surface area contributed by atoms with E-state index in [-0.39, 0.29) is 18.0 Å². The lowest BCUT2D eigenvalue weighted by molar-refractivity contribution is 0.0222. The van der Waals surface area contributed by atoms with Crippen LogP contribution in [-0.2, 0) is 28.6 Å². The number of aryl methyl sites for hydroxylation is 1. The van der Waals surface area contributed by atoms with E-state index in [0.717, 1.165) is 35.3 Å². The maximum atomic E-state index is 14.2. The summed E-state index contributed by atoms with van der Waals surface area (Å²) in [6.45, 7) is 5.11. The van der Waals surface area contributed by atoms with Gasteiger partial charge in [0.05, 0.1) is 28.6 Å². The van der Waals surface area contributed by atoms with Crippen molar-refractivity contribution < 1.29 is 18.3 Å². The molecule has 250 valence electrons. The Morgan fingerprint density at radius 2 is 1.87 bits per heavy atom. The Morgan fingerprint density at radius 1 is 1.09 bits per heavy atom. The maximum absolute atomic E-state index is 14.2. The molecule has 0 spiro atoms. The number of anilines is 3. The average Bonchev–Trinajstić information content (AvgIpc) is 3.81. The molecule has 6 rings (SSSR count). The maximum Gasteiger partial charge on any atom is 0.264 e. The van der Waals surface area contributed by atoms with Crippen LogP contribution < -0.4 is 19.7 Å². The fourth-order valence-electron chi connectivity index (χ4n) is 6.91. The van der Waals surface area contributed by atoms with E-state index in [9.17, 15) is 13.5 Å². The van der Waals surface area contributed by atoms with Gasteiger partial charge in [0, 0.05) is 48.1 Å². The van der Waals surface area contributed by atoms with Crippen molar-refractivity contribution in [1.29, 1.82) is 0 Å². The van der Waals surface area contributed by atoms with Crippen LogP contribution in [0.4, 0.5) is 16.5 Å². The number of unbranched alkanes of at least 4 members (excludes halogenated alkanes) is 5. The zero-order valence-corrected chi connectivity index (χ0v) is 28.9. The molecule has 2 unspecified atom stereocenters. The number of hydrogen-bond acceptors (Lipinski definition) is 9. The van der Waals surface area contributed by atoms with Gasteiger partial charge in [0.15, 0.2) is 10.9 Å². The van der Waals surface area contributed by atoms with Gasteiger partial charge in [0.25, 0.3) is 10.0 Å². The molecule has 2 aliphatic heterocycles. The second kappa shape index (κ2) is 14.3. The number of thiazole rings is 1. The summed E-state index contributed by atoms with van der Waals surface area (Å²) >= 11 is 1.51. The van der Waals surface area contributed by atoms with Crippen molar-refractivity contribution in [2.45, 2.75) is 88.2 Å². The van der Waals surface area contributed by atoms with Gasteiger partial charge >= 0.3 is 0 Å². The number of nitrogens with zero attached hydrogens (tertiary/aromatic N) is 4. The van der Waals surface area contributed by atoms with Crippen LogP contribution in [-0.4, -0.2) is 43.2 Å². The number of aliphatic hydroxyl groups is 1. The van der Waals surface area contributed by atoms with Crippen molar-refractivity contribution in [2.75, 3.05) is 28.9 Å². The molecule has 4 heterocycles. The first-order valence-electron chi connectivity index (χ1n) is 16.8. The van der Waals surface area contributed by atoms with Crippen molar-refractivity contribution in [3.8, 4) is 5.88 Å². The van der Waals surface area contributed by atoms with Crippen LogP contribution in [0.3, 0.4) is 0 Å². The van der Waals surface area contributed by atoms with Crippen molar-refractivity contribution in [1.82, 2.24) is 9.97 Å². The zero-order valence-electron chi connectivity index (χ0n) is 27.3. The molecule has 47 heavy (non-hydrogen) atoms. The minimum absolute atomic E-state index is 0.139. The van der Waals surface area contributed by atoms with E-state index in [2.05, 4.69) is 17.3 Å². The van der Waals surface area contributed by atoms with Gasteiger partial charge < -0.3 is 15.6 Å². The number of aromatic nitrogens is 2. The van der Waals surface area contributed by atoms with Gasteiger partial charge in [-0.2, -0.15) is 0 Å². The van der Waals surface area contributed by atoms with Gasteiger partial charge in [-0.15, -0.1) is 11.3 Å². The minimum atomic E-state index is -3.97. The van der Waals surface area contributed by atoms with Crippen LogP contribution in [0.1, 0.15) is 87.1 Å². The molecule has 2 aromatic heterocycles. The summed E-state index contributed by atoms with van der Waals surface area (Å²) in [7, 11) is -3.97. The Balaban J connectivity index is 1.41. The molecule has 9 nitrogen and oxygen atoms in total. The first kappa shape index (κ1) is 33.4. The molecular formula is C36H45N5O4S2. The van der Waals surface area contributed by atoms with Gasteiger partial charge in [0.1, 0.15) is 0 Å². The summed E-state index contributed by atoms with van der Waals surface area (Å²) in [4.78, 5) is 11.7.